The van der Waals surface area contributed by atoms with Crippen LogP contribution in [-0.2, 0) is 10.5 Å². The van der Waals surface area contributed by atoms with Crippen molar-refractivity contribution in [3.8, 4) is 11.3 Å². The van der Waals surface area contributed by atoms with Crippen LogP contribution in [0.15, 0.2) is 70.1 Å². The molecule has 3 aliphatic heterocycles. The zero-order valence-corrected chi connectivity index (χ0v) is 32.0. The predicted molar refractivity (Wildman–Crippen MR) is 201 cm³/mol. The van der Waals surface area contributed by atoms with Crippen LogP contribution in [0.3, 0.4) is 0 Å². The molecule has 4 heterocycles. The van der Waals surface area contributed by atoms with E-state index in [1.807, 2.05) is 59.5 Å². The lowest BCUT2D eigenvalue weighted by atomic mass is 9.79. The second kappa shape index (κ2) is 15.2. The Morgan fingerprint density at radius 3 is 2.27 bits per heavy atom. The molecular weight excluding hydrogens is 806 g/mol. The summed E-state index contributed by atoms with van der Waals surface area (Å²) in [6, 6.07) is 16.1. The molecule has 3 amide bonds. The molecule has 3 N–H and O–H groups in total. The molecule has 6 rings (SSSR count). The number of para-hydroxylation sites is 1. The summed E-state index contributed by atoms with van der Waals surface area (Å²) < 4.78 is 2.45. The average molecular weight is 850 g/mol. The molecule has 258 valence electrons. The number of benzene rings is 2. The van der Waals surface area contributed by atoms with E-state index in [0.29, 0.717) is 48.7 Å². The molecule has 0 bridgehead atoms. The van der Waals surface area contributed by atoms with E-state index in [1.54, 1.807) is 20.6 Å². The van der Waals surface area contributed by atoms with Gasteiger partial charge in [0.25, 0.3) is 0 Å². The zero-order chi connectivity index (χ0) is 34.0. The first kappa shape index (κ1) is 35.4. The van der Waals surface area contributed by atoms with Crippen LogP contribution in [0.5, 0.6) is 0 Å². The van der Waals surface area contributed by atoms with Crippen LogP contribution < -0.4 is 16.3 Å². The van der Waals surface area contributed by atoms with Crippen molar-refractivity contribution in [3.63, 3.8) is 0 Å². The van der Waals surface area contributed by atoms with E-state index in [1.165, 1.54) is 12.8 Å². The summed E-state index contributed by atoms with van der Waals surface area (Å²) >= 11 is 10.9. The van der Waals surface area contributed by atoms with Gasteiger partial charge in [0.1, 0.15) is 11.7 Å². The van der Waals surface area contributed by atoms with Gasteiger partial charge in [0.2, 0.25) is 5.91 Å². The van der Waals surface area contributed by atoms with Crippen molar-refractivity contribution in [3.05, 3.63) is 75.8 Å². The van der Waals surface area contributed by atoms with Crippen molar-refractivity contribution < 1.29 is 9.59 Å². The molecule has 0 spiro atoms. The van der Waals surface area contributed by atoms with Crippen LogP contribution in [0.4, 0.5) is 10.5 Å². The number of anilines is 1. The number of carbonyl (C=O) groups excluding carboxylic acids is 2. The Labute approximate surface area is 307 Å². The number of nitrogens with zero attached hydrogens (tertiary/aromatic N) is 5. The van der Waals surface area contributed by atoms with Gasteiger partial charge in [-0.3, -0.25) is 14.3 Å². The first-order valence-electron chi connectivity index (χ1n) is 16.8. The second-order valence-electron chi connectivity index (χ2n) is 13.5. The molecule has 10 nitrogen and oxygen atoms in total. The van der Waals surface area contributed by atoms with E-state index in [0.717, 1.165) is 41.9 Å². The van der Waals surface area contributed by atoms with E-state index in [4.69, 9.17) is 5.73 Å². The average Bonchev–Trinajstić information content (AvgIpc) is 3.51. The first-order valence-corrected chi connectivity index (χ1v) is 19.6. The Kier molecular flexibility index (Phi) is 11.2. The van der Waals surface area contributed by atoms with Crippen LogP contribution in [-0.4, -0.2) is 98.7 Å². The Morgan fingerprint density at radius 2 is 1.65 bits per heavy atom. The second-order valence-corrected chi connectivity index (χ2v) is 16.1. The standard InChI is InChI=1S/C35H44Br3N7O3/c1-41-15-10-24(11-16-41)25-12-17-42(18-13-25)32(46)30(21-36)45(28-8-3-2-4-9-28)34(48)43-19-14-35(39,31(38)23-43)44-22-29(40-33(44)47)26-6-5-7-27(37)20-26/h2-9,20,22,24-25,30-31H,10-19,21,23,39H2,1H3,(H,40,47)/t30-,31?,35?/m0/s1. The largest absolute Gasteiger partial charge is 0.341 e. The van der Waals surface area contributed by atoms with Crippen LogP contribution in [0.1, 0.15) is 32.1 Å². The maximum absolute atomic E-state index is 14.5. The summed E-state index contributed by atoms with van der Waals surface area (Å²) in [4.78, 5) is 52.1. The highest BCUT2D eigenvalue weighted by molar-refractivity contribution is 9.10. The summed E-state index contributed by atoms with van der Waals surface area (Å²) in [5, 5.41) is 0.310. The molecule has 3 atom stereocenters. The lowest BCUT2D eigenvalue weighted by Crippen LogP contribution is -2.64. The third-order valence-electron chi connectivity index (χ3n) is 10.5. The van der Waals surface area contributed by atoms with Gasteiger partial charge in [0.05, 0.1) is 10.5 Å². The van der Waals surface area contributed by atoms with E-state index in [-0.39, 0.29) is 24.2 Å². The molecule has 2 aromatic carbocycles. The van der Waals surface area contributed by atoms with Gasteiger partial charge in [-0.25, -0.2) is 9.59 Å². The van der Waals surface area contributed by atoms with E-state index in [2.05, 4.69) is 64.7 Å². The number of imidazole rings is 1. The van der Waals surface area contributed by atoms with Gasteiger partial charge in [-0.05, 0) is 81.9 Å². The number of aromatic nitrogens is 2. The van der Waals surface area contributed by atoms with E-state index < -0.39 is 16.5 Å². The van der Waals surface area contributed by atoms with Gasteiger partial charge in [-0.1, -0.05) is 78.1 Å². The Bertz CT molecular complexity index is 1640. The van der Waals surface area contributed by atoms with E-state index in [9.17, 15) is 14.4 Å². The van der Waals surface area contributed by atoms with Gasteiger partial charge in [0.15, 0.2) is 0 Å². The monoisotopic (exact) mass is 847 g/mol. The van der Waals surface area contributed by atoms with Crippen molar-refractivity contribution in [1.29, 1.82) is 0 Å². The van der Waals surface area contributed by atoms with Crippen LogP contribution in [0.25, 0.3) is 11.3 Å². The quantitative estimate of drug-likeness (QED) is 0.299. The maximum atomic E-state index is 14.5. The molecule has 13 heteroatoms. The Balaban J connectivity index is 1.17. The number of rotatable bonds is 7. The molecule has 0 aliphatic carbocycles. The number of amides is 3. The highest BCUT2D eigenvalue weighted by Gasteiger charge is 2.45. The van der Waals surface area contributed by atoms with Crippen molar-refractivity contribution in [1.82, 2.24) is 24.3 Å². The van der Waals surface area contributed by atoms with Crippen molar-refractivity contribution >= 4 is 65.4 Å². The number of hydrogen-bond donors (Lipinski definition) is 2. The minimum atomic E-state index is -1.07. The van der Waals surface area contributed by atoms with Crippen molar-refractivity contribution in [2.24, 2.45) is 17.6 Å². The van der Waals surface area contributed by atoms with E-state index >= 15 is 0 Å². The molecule has 3 saturated heterocycles. The summed E-state index contributed by atoms with van der Waals surface area (Å²) in [7, 11) is 2.19. The molecule has 2 unspecified atom stereocenters. The smallest absolute Gasteiger partial charge is 0.327 e. The lowest BCUT2D eigenvalue weighted by molar-refractivity contribution is -0.133. The molecule has 0 saturated carbocycles. The topological polar surface area (TPSA) is 111 Å². The molecule has 1 aromatic heterocycles. The SMILES string of the molecule is CN1CCC(C2CCN(C(=O)[C@H](CBr)N(C(=O)N3CCC(N)(n4cc(-c5cccc(Br)c5)[nH]c4=O)C(Br)C3)c3ccccc3)CC2)CC1. The number of halogens is 3. The van der Waals surface area contributed by atoms with Gasteiger partial charge in [0, 0.05) is 59.9 Å². The number of nitrogens with two attached hydrogens (primary N) is 1. The normalized spacial score (nSPS) is 23.6. The summed E-state index contributed by atoms with van der Waals surface area (Å²) in [6.07, 6.45) is 6.56. The fraction of sp³-hybridized carbons (Fsp3) is 0.514. The molecule has 3 fully saturated rings. The first-order chi connectivity index (χ1) is 23.1. The maximum Gasteiger partial charge on any atom is 0.327 e. The van der Waals surface area contributed by atoms with Crippen molar-refractivity contribution in [2.45, 2.75) is 48.6 Å². The Morgan fingerprint density at radius 1 is 0.979 bits per heavy atom. The number of alkyl halides is 2. The number of carbonyl (C=O) groups is 2. The van der Waals surface area contributed by atoms with Gasteiger partial charge in [-0.2, -0.15) is 0 Å². The van der Waals surface area contributed by atoms with Gasteiger partial charge >= 0.3 is 11.7 Å². The molecule has 48 heavy (non-hydrogen) atoms. The number of urea groups is 1. The molecule has 0 radical (unpaired) electrons. The third-order valence-corrected chi connectivity index (χ3v) is 12.7. The number of nitrogens with one attached hydrogen (secondary N) is 1. The highest BCUT2D eigenvalue weighted by Crippen LogP contribution is 2.35. The van der Waals surface area contributed by atoms with Crippen LogP contribution >= 0.6 is 47.8 Å². The minimum absolute atomic E-state index is 0.0366. The van der Waals surface area contributed by atoms with Gasteiger partial charge in [-0.15, -0.1) is 0 Å². The number of piperidine rings is 3. The predicted octanol–water partition coefficient (Wildman–Crippen LogP) is 5.66. The highest BCUT2D eigenvalue weighted by atomic mass is 79.9. The fourth-order valence-electron chi connectivity index (χ4n) is 7.58. The molecule has 3 aromatic rings. The molecule has 3 aliphatic rings. The summed E-state index contributed by atoms with van der Waals surface area (Å²) in [6.45, 7) is 4.30. The summed E-state index contributed by atoms with van der Waals surface area (Å²) in [5.41, 5.74) is 7.76. The number of H-pyrrole nitrogens is 1. The van der Waals surface area contributed by atoms with Crippen molar-refractivity contribution in [2.75, 3.05) is 56.5 Å². The lowest BCUT2D eigenvalue weighted by Gasteiger charge is -2.45. The minimum Gasteiger partial charge on any atom is -0.341 e. The molecular formula is C35H44Br3N7O3. The fourth-order valence-corrected chi connectivity index (χ4v) is 9.34. The number of likely N-dealkylation sites (tertiary alicyclic amines) is 3. The number of hydrogen-bond acceptors (Lipinski definition) is 5. The number of aromatic amines is 1. The van der Waals surface area contributed by atoms with Crippen LogP contribution in [0.2, 0.25) is 0 Å². The zero-order valence-electron chi connectivity index (χ0n) is 27.2. The van der Waals surface area contributed by atoms with Crippen LogP contribution in [0, 0.1) is 11.8 Å². The third kappa shape index (κ3) is 7.35. The Hall–Kier alpha value is -2.45. The van der Waals surface area contributed by atoms with Gasteiger partial charge < -0.3 is 25.4 Å². The summed E-state index contributed by atoms with van der Waals surface area (Å²) in [5.74, 6) is 1.34.